The van der Waals surface area contributed by atoms with E-state index in [0.717, 1.165) is 23.7 Å². The number of halogens is 2. The Morgan fingerprint density at radius 3 is 2.71 bits per heavy atom. The molecule has 1 fully saturated rings. The average Bonchev–Trinajstić information content (AvgIpc) is 2.99. The van der Waals surface area contributed by atoms with Crippen molar-refractivity contribution in [2.45, 2.75) is 0 Å². The SMILES string of the molecule is O=C(/C=C/c1ccc(Cl)s1)Nc1cccc(Cl)c1N1CCOCC1. The molecule has 0 bridgehead atoms. The Hall–Kier alpha value is -1.53. The van der Waals surface area contributed by atoms with Crippen molar-refractivity contribution in [1.82, 2.24) is 0 Å². The maximum absolute atomic E-state index is 12.2. The highest BCUT2D eigenvalue weighted by Gasteiger charge is 2.18. The molecule has 1 aromatic carbocycles. The second-order valence-corrected chi connectivity index (χ2v) is 7.35. The van der Waals surface area contributed by atoms with Crippen molar-refractivity contribution in [2.24, 2.45) is 0 Å². The number of carbonyl (C=O) groups is 1. The summed E-state index contributed by atoms with van der Waals surface area (Å²) < 4.78 is 6.07. The van der Waals surface area contributed by atoms with E-state index in [1.807, 2.05) is 24.3 Å². The molecule has 0 aliphatic carbocycles. The number of morpholine rings is 1. The highest BCUT2D eigenvalue weighted by atomic mass is 35.5. The van der Waals surface area contributed by atoms with Crippen molar-refractivity contribution in [3.8, 4) is 0 Å². The highest BCUT2D eigenvalue weighted by Crippen LogP contribution is 2.34. The molecule has 3 rings (SSSR count). The molecule has 0 radical (unpaired) electrons. The third kappa shape index (κ3) is 4.30. The number of benzene rings is 1. The molecule has 7 heteroatoms. The summed E-state index contributed by atoms with van der Waals surface area (Å²) in [5, 5.41) is 3.52. The van der Waals surface area contributed by atoms with Crippen molar-refractivity contribution >= 4 is 57.9 Å². The topological polar surface area (TPSA) is 41.6 Å². The summed E-state index contributed by atoms with van der Waals surface area (Å²) in [4.78, 5) is 15.3. The van der Waals surface area contributed by atoms with Crippen LogP contribution in [0, 0.1) is 0 Å². The number of ether oxygens (including phenoxy) is 1. The van der Waals surface area contributed by atoms with E-state index >= 15 is 0 Å². The van der Waals surface area contributed by atoms with Crippen LogP contribution in [-0.2, 0) is 9.53 Å². The molecule has 24 heavy (non-hydrogen) atoms. The predicted octanol–water partition coefficient (Wildman–Crippen LogP) is 4.54. The first kappa shape index (κ1) is 17.3. The lowest BCUT2D eigenvalue weighted by Gasteiger charge is -2.31. The summed E-state index contributed by atoms with van der Waals surface area (Å²) in [6, 6.07) is 9.17. The van der Waals surface area contributed by atoms with E-state index < -0.39 is 0 Å². The molecule has 1 amide bonds. The second-order valence-electron chi connectivity index (χ2n) is 5.20. The molecule has 126 valence electrons. The summed E-state index contributed by atoms with van der Waals surface area (Å²) in [6.45, 7) is 2.79. The molecule has 1 N–H and O–H groups in total. The van der Waals surface area contributed by atoms with E-state index in [9.17, 15) is 4.79 Å². The van der Waals surface area contributed by atoms with Crippen molar-refractivity contribution in [2.75, 3.05) is 36.5 Å². The minimum atomic E-state index is -0.212. The monoisotopic (exact) mass is 382 g/mol. The van der Waals surface area contributed by atoms with Gasteiger partial charge in [-0.1, -0.05) is 29.3 Å². The van der Waals surface area contributed by atoms with Crippen LogP contribution in [0.25, 0.3) is 6.08 Å². The fourth-order valence-electron chi connectivity index (χ4n) is 2.47. The fraction of sp³-hybridized carbons (Fsp3) is 0.235. The van der Waals surface area contributed by atoms with Crippen LogP contribution in [0.5, 0.6) is 0 Å². The summed E-state index contributed by atoms with van der Waals surface area (Å²) >= 11 is 13.7. The molecular weight excluding hydrogens is 367 g/mol. The zero-order valence-electron chi connectivity index (χ0n) is 12.8. The first-order valence-electron chi connectivity index (χ1n) is 7.49. The molecule has 1 aromatic heterocycles. The van der Waals surface area contributed by atoms with Gasteiger partial charge in [-0.15, -0.1) is 11.3 Å². The van der Waals surface area contributed by atoms with Gasteiger partial charge in [0, 0.05) is 24.0 Å². The van der Waals surface area contributed by atoms with Crippen LogP contribution in [0.3, 0.4) is 0 Å². The summed E-state index contributed by atoms with van der Waals surface area (Å²) in [6.07, 6.45) is 3.23. The van der Waals surface area contributed by atoms with E-state index in [0.29, 0.717) is 28.3 Å². The Morgan fingerprint density at radius 2 is 2.00 bits per heavy atom. The molecule has 0 spiro atoms. The molecule has 1 aliphatic heterocycles. The number of carbonyl (C=O) groups excluding carboxylic acids is 1. The van der Waals surface area contributed by atoms with Gasteiger partial charge in [0.15, 0.2) is 0 Å². The first-order chi connectivity index (χ1) is 11.6. The van der Waals surface area contributed by atoms with Gasteiger partial charge in [-0.05, 0) is 30.3 Å². The lowest BCUT2D eigenvalue weighted by molar-refractivity contribution is -0.111. The first-order valence-corrected chi connectivity index (χ1v) is 9.06. The van der Waals surface area contributed by atoms with E-state index in [2.05, 4.69) is 10.2 Å². The largest absolute Gasteiger partial charge is 0.378 e. The van der Waals surface area contributed by atoms with Crippen molar-refractivity contribution in [3.05, 3.63) is 50.6 Å². The fourth-order valence-corrected chi connectivity index (χ4v) is 3.73. The lowest BCUT2D eigenvalue weighted by atomic mass is 10.2. The third-order valence-electron chi connectivity index (χ3n) is 3.56. The number of rotatable bonds is 4. The Labute approximate surface area is 154 Å². The summed E-state index contributed by atoms with van der Waals surface area (Å²) in [5.74, 6) is -0.212. The van der Waals surface area contributed by atoms with Crippen LogP contribution < -0.4 is 10.2 Å². The number of para-hydroxylation sites is 1. The molecular formula is C17H16Cl2N2O2S. The van der Waals surface area contributed by atoms with Gasteiger partial charge in [0.2, 0.25) is 5.91 Å². The third-order valence-corrected chi connectivity index (χ3v) is 5.07. The van der Waals surface area contributed by atoms with Crippen molar-refractivity contribution < 1.29 is 9.53 Å². The number of amides is 1. The smallest absolute Gasteiger partial charge is 0.248 e. The number of hydrogen-bond acceptors (Lipinski definition) is 4. The number of nitrogens with one attached hydrogen (secondary N) is 1. The standard InChI is InChI=1S/C17H16Cl2N2O2S/c18-13-2-1-3-14(17(13)21-8-10-23-11-9-21)20-16(22)7-5-12-4-6-15(19)24-12/h1-7H,8-11H2,(H,20,22)/b7-5+. The molecule has 1 aliphatic rings. The molecule has 1 saturated heterocycles. The molecule has 0 unspecified atom stereocenters. The van der Waals surface area contributed by atoms with Crippen molar-refractivity contribution in [1.29, 1.82) is 0 Å². The van der Waals surface area contributed by atoms with Gasteiger partial charge in [-0.2, -0.15) is 0 Å². The van der Waals surface area contributed by atoms with Crippen molar-refractivity contribution in [3.63, 3.8) is 0 Å². The maximum atomic E-state index is 12.2. The predicted molar refractivity (Wildman–Crippen MR) is 101 cm³/mol. The van der Waals surface area contributed by atoms with Gasteiger partial charge in [0.05, 0.1) is 33.9 Å². The molecule has 2 heterocycles. The van der Waals surface area contributed by atoms with Crippen LogP contribution in [-0.4, -0.2) is 32.2 Å². The number of nitrogens with zero attached hydrogens (tertiary/aromatic N) is 1. The average molecular weight is 383 g/mol. The van der Waals surface area contributed by atoms with Crippen LogP contribution in [0.2, 0.25) is 9.36 Å². The number of anilines is 2. The lowest BCUT2D eigenvalue weighted by Crippen LogP contribution is -2.37. The van der Waals surface area contributed by atoms with Gasteiger partial charge in [0.1, 0.15) is 0 Å². The van der Waals surface area contributed by atoms with Gasteiger partial charge in [-0.25, -0.2) is 0 Å². The van der Waals surface area contributed by atoms with E-state index in [-0.39, 0.29) is 5.91 Å². The minimum absolute atomic E-state index is 0.212. The van der Waals surface area contributed by atoms with Crippen LogP contribution >= 0.6 is 34.5 Å². The van der Waals surface area contributed by atoms with Crippen LogP contribution in [0.15, 0.2) is 36.4 Å². The number of hydrogen-bond donors (Lipinski definition) is 1. The zero-order valence-corrected chi connectivity index (χ0v) is 15.1. The van der Waals surface area contributed by atoms with Gasteiger partial charge in [0.25, 0.3) is 0 Å². The quantitative estimate of drug-likeness (QED) is 0.788. The van der Waals surface area contributed by atoms with Crippen LogP contribution in [0.1, 0.15) is 4.88 Å². The number of thiophene rings is 1. The van der Waals surface area contributed by atoms with Gasteiger partial charge < -0.3 is 15.0 Å². The van der Waals surface area contributed by atoms with Gasteiger partial charge >= 0.3 is 0 Å². The van der Waals surface area contributed by atoms with E-state index in [4.69, 9.17) is 27.9 Å². The Kier molecular flexibility index (Phi) is 5.79. The second kappa shape index (κ2) is 8.03. The highest BCUT2D eigenvalue weighted by molar-refractivity contribution is 7.17. The van der Waals surface area contributed by atoms with E-state index in [1.165, 1.54) is 17.4 Å². The molecule has 0 atom stereocenters. The Bertz CT molecular complexity index is 755. The molecule has 2 aromatic rings. The summed E-state index contributed by atoms with van der Waals surface area (Å²) in [5.41, 5.74) is 1.53. The van der Waals surface area contributed by atoms with E-state index in [1.54, 1.807) is 12.1 Å². The zero-order chi connectivity index (χ0) is 16.9. The maximum Gasteiger partial charge on any atom is 0.248 e. The normalized spacial score (nSPS) is 15.0. The van der Waals surface area contributed by atoms with Gasteiger partial charge in [-0.3, -0.25) is 4.79 Å². The molecule has 4 nitrogen and oxygen atoms in total. The molecule has 0 saturated carbocycles. The summed E-state index contributed by atoms with van der Waals surface area (Å²) in [7, 11) is 0. The Balaban J connectivity index is 1.75. The minimum Gasteiger partial charge on any atom is -0.378 e. The van der Waals surface area contributed by atoms with Crippen LogP contribution in [0.4, 0.5) is 11.4 Å². The Morgan fingerprint density at radius 1 is 1.21 bits per heavy atom.